The summed E-state index contributed by atoms with van der Waals surface area (Å²) in [4.78, 5) is 132. The van der Waals surface area contributed by atoms with Crippen LogP contribution < -0.4 is 17.2 Å². The second-order valence-corrected chi connectivity index (χ2v) is 27.7. The van der Waals surface area contributed by atoms with Crippen LogP contribution in [0.2, 0.25) is 0 Å². The topological polar surface area (TPSA) is 289 Å². The minimum absolute atomic E-state index is 0.00129. The summed E-state index contributed by atoms with van der Waals surface area (Å²) in [5, 5.41) is 0. The molecule has 9 amide bonds. The number of hydrogen-bond acceptors (Lipinski definition) is 15. The Bertz CT molecular complexity index is 4260. The van der Waals surface area contributed by atoms with Gasteiger partial charge in [-0.25, -0.2) is 31.9 Å². The molecule has 0 radical (unpaired) electrons. The Kier molecular flexibility index (Phi) is 28.0. The van der Waals surface area contributed by atoms with Gasteiger partial charge in [0.1, 0.15) is 73.1 Å². The average Bonchev–Trinajstić information content (AvgIpc) is 0.768. The van der Waals surface area contributed by atoms with Crippen molar-refractivity contribution in [2.45, 2.75) is 154 Å². The molecule has 110 heavy (non-hydrogen) atoms. The van der Waals surface area contributed by atoms with E-state index in [2.05, 4.69) is 0 Å². The summed E-state index contributed by atoms with van der Waals surface area (Å²) < 4.78 is 111. The Morgan fingerprint density at radius 1 is 0.445 bits per heavy atom. The number of unbranched alkanes of at least 4 members (excludes halogenated alkanes) is 1. The van der Waals surface area contributed by atoms with E-state index in [1.54, 1.807) is 9.80 Å². The van der Waals surface area contributed by atoms with Crippen molar-refractivity contribution in [3.8, 4) is 0 Å². The molecule has 1 unspecified atom stereocenters. The minimum Gasteiger partial charge on any atom is -0.449 e. The fourth-order valence-corrected chi connectivity index (χ4v) is 14.7. The van der Waals surface area contributed by atoms with Gasteiger partial charge in [0.25, 0.3) is 0 Å². The fraction of sp³-hybridized carbons (Fsp3) is 0.430. The lowest BCUT2D eigenvalue weighted by Crippen LogP contribution is -2.71. The number of nitrogens with zero attached hydrogens (tertiary/aromatic N) is 9. The van der Waals surface area contributed by atoms with Crippen LogP contribution in [0.1, 0.15) is 108 Å². The second kappa shape index (κ2) is 37.6. The zero-order valence-corrected chi connectivity index (χ0v) is 61.2. The van der Waals surface area contributed by atoms with E-state index < -0.39 is 89.9 Å². The van der Waals surface area contributed by atoms with Crippen LogP contribution in [0, 0.1) is 37.1 Å². The van der Waals surface area contributed by atoms with Gasteiger partial charge in [0.15, 0.2) is 0 Å². The third kappa shape index (κ3) is 20.2. The minimum atomic E-state index is -4.52. The first-order chi connectivity index (χ1) is 52.8. The molecule has 0 bridgehead atoms. The first-order valence-corrected chi connectivity index (χ1v) is 36.6. The van der Waals surface area contributed by atoms with Crippen LogP contribution in [-0.4, -0.2) is 200 Å². The molecule has 6 aliphatic heterocycles. The molecule has 6 aliphatic rings. The van der Waals surface area contributed by atoms with Gasteiger partial charge in [0.2, 0.25) is 35.4 Å². The second-order valence-electron chi connectivity index (χ2n) is 27.7. The molecular formula is C79H91F7N12O12. The van der Waals surface area contributed by atoms with Crippen molar-refractivity contribution in [3.63, 3.8) is 0 Å². The quantitative estimate of drug-likeness (QED) is 0.0324. The molecule has 6 atom stereocenters. The Morgan fingerprint density at radius 2 is 0.909 bits per heavy atom. The van der Waals surface area contributed by atoms with Crippen LogP contribution in [0.25, 0.3) is 0 Å². The molecule has 6 saturated heterocycles. The van der Waals surface area contributed by atoms with Gasteiger partial charge in [-0.1, -0.05) is 96.6 Å². The number of nitrogens with two attached hydrogens (primary N) is 3. The molecule has 6 aromatic carbocycles. The van der Waals surface area contributed by atoms with Gasteiger partial charge >= 0.3 is 24.5 Å². The zero-order chi connectivity index (χ0) is 78.9. The highest BCUT2D eigenvalue weighted by molar-refractivity contribution is 5.93. The number of carbonyl (C=O) groups is 9. The van der Waals surface area contributed by atoms with E-state index in [1.165, 1.54) is 53.4 Å². The van der Waals surface area contributed by atoms with Gasteiger partial charge in [0, 0.05) is 82.1 Å². The van der Waals surface area contributed by atoms with Gasteiger partial charge in [-0.2, -0.15) is 13.2 Å². The number of halogens is 7. The normalized spacial score (nSPS) is 19.9. The monoisotopic (exact) mass is 1530 g/mol. The molecule has 0 aromatic heterocycles. The van der Waals surface area contributed by atoms with Crippen molar-refractivity contribution in [2.75, 3.05) is 65.5 Å². The summed E-state index contributed by atoms with van der Waals surface area (Å²) in [6.07, 6.45) is -5.35. The lowest BCUT2D eigenvalue weighted by molar-refractivity contribution is -0.169. The summed E-state index contributed by atoms with van der Waals surface area (Å²) in [5.74, 6) is -4.26. The maximum absolute atomic E-state index is 14.4. The summed E-state index contributed by atoms with van der Waals surface area (Å²) in [5.41, 5.74) is 20.9. The molecule has 6 N–H and O–H groups in total. The van der Waals surface area contributed by atoms with Crippen LogP contribution in [0.3, 0.4) is 0 Å². The third-order valence-electron chi connectivity index (χ3n) is 20.2. The Labute approximate surface area is 632 Å². The summed E-state index contributed by atoms with van der Waals surface area (Å²) in [7, 11) is 0. The van der Waals surface area contributed by atoms with Crippen molar-refractivity contribution >= 4 is 53.7 Å². The van der Waals surface area contributed by atoms with Gasteiger partial charge < -0.3 is 60.8 Å². The summed E-state index contributed by atoms with van der Waals surface area (Å²) in [6.45, 7) is 4.88. The van der Waals surface area contributed by atoms with Gasteiger partial charge in [-0.3, -0.25) is 43.5 Å². The molecule has 6 aromatic rings. The van der Waals surface area contributed by atoms with E-state index in [0.29, 0.717) is 70.3 Å². The van der Waals surface area contributed by atoms with Gasteiger partial charge in [-0.15, -0.1) is 0 Å². The first kappa shape index (κ1) is 81.8. The zero-order valence-electron chi connectivity index (χ0n) is 61.2. The molecule has 24 nitrogen and oxygen atoms in total. The largest absolute Gasteiger partial charge is 0.449 e. The van der Waals surface area contributed by atoms with E-state index in [9.17, 15) is 73.9 Å². The van der Waals surface area contributed by atoms with E-state index in [1.807, 2.05) is 91.9 Å². The SMILES string of the molecule is Cc1cc(COC(=O)N2CCC(=O)N3[C@@H]2CN(Cc2ccccc2)C(=O)[C@@H]3CCN)cc(C(F)(F)F)c1.Cc1ccccc1CCOC(=O)N1CCC(=O)N2C(CCCN)C(=O)N(Cc3cc(F)ccc3F)C[C@H]12.NCCCC[C@H]1C(=O)N(Cc2ccccc2)C[C@@H]2N(C(=O)OCc3ccc(F)cc3F)CCC(=O)N21. The standard InChI is InChI=1S/C27H32F2N4O4.C26H29F3N4O4.C26H30F2N4O4/c1-18-5-2-3-6-19(18)11-14-37-27(36)32-13-10-25(34)33-23(7-4-12-30)26(35)31(17-24(32)33)16-20-15-21(28)8-9-22(20)29;1-17-11-19(13-20(12-17)26(27,28)29)16-37-25(36)32-10-8-23(34)33-21(7-9-30)24(35)31(15-22(32)33)14-18-5-3-2-4-6-18;27-20-10-9-19(21(28)14-20)17-36-26(35)31-13-11-24(33)32-22(8-4-5-12-29)25(34)30(16-23(31)32)15-18-6-2-1-3-7-18/h2-3,5-6,8-9,15,23-24H,4,7,10-14,16-17,30H2,1H3;2-6,11-13,21-22H,7-10,14-16,30H2,1H3;1-3,6-7,9-10,14,22-23H,4-5,8,11-13,15-17,29H2/t23?,24-;21-,22+;22-,23+/m100/s1. The fourth-order valence-electron chi connectivity index (χ4n) is 14.7. The summed E-state index contributed by atoms with van der Waals surface area (Å²) in [6, 6.07) is 33.9. The highest BCUT2D eigenvalue weighted by atomic mass is 19.4. The number of carbonyl (C=O) groups excluding carboxylic acids is 9. The first-order valence-electron chi connectivity index (χ1n) is 36.6. The molecule has 0 aliphatic carbocycles. The van der Waals surface area contributed by atoms with Crippen LogP contribution >= 0.6 is 0 Å². The maximum atomic E-state index is 14.4. The van der Waals surface area contributed by atoms with Crippen molar-refractivity contribution in [1.82, 2.24) is 44.1 Å². The number of hydrogen-bond donors (Lipinski definition) is 3. The van der Waals surface area contributed by atoms with Crippen molar-refractivity contribution in [3.05, 3.63) is 213 Å². The van der Waals surface area contributed by atoms with Crippen LogP contribution in [0.15, 0.2) is 140 Å². The smallest absolute Gasteiger partial charge is 0.416 e. The van der Waals surface area contributed by atoms with E-state index in [-0.39, 0.29) is 150 Å². The summed E-state index contributed by atoms with van der Waals surface area (Å²) >= 11 is 0. The molecule has 588 valence electrons. The Balaban J connectivity index is 0.000000176. The van der Waals surface area contributed by atoms with E-state index in [0.717, 1.165) is 64.7 Å². The van der Waals surface area contributed by atoms with E-state index in [4.69, 9.17) is 31.4 Å². The van der Waals surface area contributed by atoms with Gasteiger partial charge in [0.05, 0.1) is 31.8 Å². The van der Waals surface area contributed by atoms with Crippen LogP contribution in [0.4, 0.5) is 45.1 Å². The molecular weight excluding hydrogens is 1440 g/mol. The molecule has 31 heteroatoms. The van der Waals surface area contributed by atoms with E-state index >= 15 is 0 Å². The van der Waals surface area contributed by atoms with Crippen molar-refractivity contribution in [1.29, 1.82) is 0 Å². The molecule has 6 fully saturated rings. The number of amides is 9. The number of rotatable bonds is 22. The molecule has 12 rings (SSSR count). The number of ether oxygens (including phenoxy) is 3. The molecule has 6 heterocycles. The van der Waals surface area contributed by atoms with Crippen molar-refractivity contribution < 1.29 is 88.1 Å². The number of alkyl halides is 3. The predicted octanol–water partition coefficient (Wildman–Crippen LogP) is 9.24. The highest BCUT2D eigenvalue weighted by Crippen LogP contribution is 2.35. The predicted molar refractivity (Wildman–Crippen MR) is 387 cm³/mol. The number of fused-ring (bicyclic) bond motifs is 3. The number of aryl methyl sites for hydroxylation is 2. The molecule has 0 saturated carbocycles. The van der Waals surface area contributed by atoms with Crippen molar-refractivity contribution in [2.24, 2.45) is 17.2 Å². The Hall–Kier alpha value is -10.7. The lowest BCUT2D eigenvalue weighted by Gasteiger charge is -2.52. The third-order valence-corrected chi connectivity index (χ3v) is 20.2. The highest BCUT2D eigenvalue weighted by Gasteiger charge is 2.52. The number of benzene rings is 6. The number of piperazine rings is 3. The Morgan fingerprint density at radius 3 is 1.41 bits per heavy atom. The van der Waals surface area contributed by atoms with Crippen LogP contribution in [0.5, 0.6) is 0 Å². The van der Waals surface area contributed by atoms with Crippen LogP contribution in [-0.2, 0) is 88.4 Å². The average molecular weight is 1530 g/mol. The lowest BCUT2D eigenvalue weighted by atomic mass is 9.98. The molecule has 0 spiro atoms. The maximum Gasteiger partial charge on any atom is 0.416 e. The van der Waals surface area contributed by atoms with Gasteiger partial charge in [-0.05, 0) is 142 Å².